The predicted molar refractivity (Wildman–Crippen MR) is 88.1 cm³/mol. The van der Waals surface area contributed by atoms with Crippen LogP contribution >= 0.6 is 0 Å². The van der Waals surface area contributed by atoms with Gasteiger partial charge < -0.3 is 15.2 Å². The van der Waals surface area contributed by atoms with Crippen molar-refractivity contribution >= 4 is 5.91 Å². The minimum atomic E-state index is -0.761. The maximum Gasteiger partial charge on any atom is 0.261 e. The van der Waals surface area contributed by atoms with Crippen LogP contribution in [0.4, 0.5) is 4.39 Å². The number of fused-ring (bicyclic) bond motifs is 1. The number of carbonyl (C=O) groups excluding carboxylic acids is 1. The topological polar surface area (TPSA) is 58.6 Å². The number of aliphatic hydroxyl groups is 1. The first-order valence-electron chi connectivity index (χ1n) is 8.01. The van der Waals surface area contributed by atoms with Crippen molar-refractivity contribution in [3.63, 3.8) is 0 Å². The maximum absolute atomic E-state index is 12.9. The summed E-state index contributed by atoms with van der Waals surface area (Å²) in [7, 11) is 0. The number of halogens is 1. The fourth-order valence-electron chi connectivity index (χ4n) is 2.88. The Balaban J connectivity index is 1.52. The minimum absolute atomic E-state index is 0.190. The van der Waals surface area contributed by atoms with Gasteiger partial charge in [0.1, 0.15) is 11.6 Å². The lowest BCUT2D eigenvalue weighted by molar-refractivity contribution is -0.128. The summed E-state index contributed by atoms with van der Waals surface area (Å²) in [5, 5.41) is 13.1. The average molecular weight is 329 g/mol. The van der Waals surface area contributed by atoms with Crippen LogP contribution in [0.3, 0.4) is 0 Å². The molecule has 24 heavy (non-hydrogen) atoms. The largest absolute Gasteiger partial charge is 0.480 e. The van der Waals surface area contributed by atoms with E-state index in [0.717, 1.165) is 11.3 Å². The molecule has 0 radical (unpaired) electrons. The molecule has 2 aromatic carbocycles. The second-order valence-electron chi connectivity index (χ2n) is 6.13. The Bertz CT molecular complexity index is 692. The Morgan fingerprint density at radius 2 is 2.00 bits per heavy atom. The second-order valence-corrected chi connectivity index (χ2v) is 6.13. The van der Waals surface area contributed by atoms with Gasteiger partial charge in [-0.15, -0.1) is 0 Å². The molecular formula is C19H20FNO3. The van der Waals surface area contributed by atoms with Gasteiger partial charge in [-0.25, -0.2) is 4.39 Å². The van der Waals surface area contributed by atoms with E-state index in [1.807, 2.05) is 31.2 Å². The first-order chi connectivity index (χ1) is 11.5. The molecule has 0 spiro atoms. The Kier molecular flexibility index (Phi) is 4.81. The molecule has 3 atom stereocenters. The standard InChI is InChI=1S/C19H20FNO3/c1-12(10-16(22)13-6-8-15(20)9-7-13)21-19(23)18-11-14-4-2-3-5-17(14)24-18/h2-9,12,16,18,22H,10-11H2,1H3,(H,21,23). The van der Waals surface area contributed by atoms with E-state index in [-0.39, 0.29) is 17.8 Å². The van der Waals surface area contributed by atoms with Gasteiger partial charge in [-0.3, -0.25) is 4.79 Å². The van der Waals surface area contributed by atoms with Crippen LogP contribution in [0.1, 0.15) is 30.6 Å². The van der Waals surface area contributed by atoms with Crippen molar-refractivity contribution in [3.8, 4) is 5.75 Å². The first-order valence-corrected chi connectivity index (χ1v) is 8.01. The highest BCUT2D eigenvalue weighted by molar-refractivity contribution is 5.82. The monoisotopic (exact) mass is 329 g/mol. The number of benzene rings is 2. The molecule has 2 N–H and O–H groups in total. The van der Waals surface area contributed by atoms with E-state index in [0.29, 0.717) is 18.4 Å². The van der Waals surface area contributed by atoms with Crippen LogP contribution in [0.5, 0.6) is 5.75 Å². The summed E-state index contributed by atoms with van der Waals surface area (Å²) in [4.78, 5) is 12.3. The average Bonchev–Trinajstić information content (AvgIpc) is 2.99. The van der Waals surface area contributed by atoms with E-state index in [1.54, 1.807) is 12.1 Å². The van der Waals surface area contributed by atoms with Crippen LogP contribution in [-0.2, 0) is 11.2 Å². The van der Waals surface area contributed by atoms with Crippen LogP contribution in [0.25, 0.3) is 0 Å². The fraction of sp³-hybridized carbons (Fsp3) is 0.316. The minimum Gasteiger partial charge on any atom is -0.480 e. The number of para-hydroxylation sites is 1. The summed E-state index contributed by atoms with van der Waals surface area (Å²) >= 11 is 0. The van der Waals surface area contributed by atoms with Crippen molar-refractivity contribution < 1.29 is 19.0 Å². The van der Waals surface area contributed by atoms with E-state index < -0.39 is 12.2 Å². The molecule has 0 saturated heterocycles. The van der Waals surface area contributed by atoms with Gasteiger partial charge >= 0.3 is 0 Å². The van der Waals surface area contributed by atoms with E-state index in [4.69, 9.17) is 4.74 Å². The van der Waals surface area contributed by atoms with Crippen molar-refractivity contribution in [2.24, 2.45) is 0 Å². The van der Waals surface area contributed by atoms with E-state index in [1.165, 1.54) is 12.1 Å². The highest BCUT2D eigenvalue weighted by Gasteiger charge is 2.29. The lowest BCUT2D eigenvalue weighted by atomic mass is 10.0. The Morgan fingerprint density at radius 1 is 1.29 bits per heavy atom. The molecule has 3 rings (SSSR count). The number of aliphatic hydroxyl groups excluding tert-OH is 1. The molecule has 0 aliphatic carbocycles. The van der Waals surface area contributed by atoms with Gasteiger partial charge in [-0.05, 0) is 42.7 Å². The smallest absolute Gasteiger partial charge is 0.261 e. The Hall–Kier alpha value is -2.40. The van der Waals surface area contributed by atoms with Crippen LogP contribution in [0.15, 0.2) is 48.5 Å². The van der Waals surface area contributed by atoms with Crippen LogP contribution in [0.2, 0.25) is 0 Å². The molecule has 1 amide bonds. The van der Waals surface area contributed by atoms with Crippen LogP contribution < -0.4 is 10.1 Å². The summed E-state index contributed by atoms with van der Waals surface area (Å²) in [5.74, 6) is 0.215. The lowest BCUT2D eigenvalue weighted by Gasteiger charge is -2.20. The number of hydrogen-bond acceptors (Lipinski definition) is 3. The van der Waals surface area contributed by atoms with Crippen molar-refractivity contribution in [1.82, 2.24) is 5.32 Å². The molecule has 1 heterocycles. The van der Waals surface area contributed by atoms with Crippen molar-refractivity contribution in [3.05, 3.63) is 65.5 Å². The van der Waals surface area contributed by atoms with E-state index >= 15 is 0 Å². The number of rotatable bonds is 5. The third-order valence-corrected chi connectivity index (χ3v) is 4.16. The van der Waals surface area contributed by atoms with Gasteiger partial charge in [-0.2, -0.15) is 0 Å². The molecule has 0 aromatic heterocycles. The molecule has 2 aromatic rings. The molecule has 0 saturated carbocycles. The SMILES string of the molecule is CC(CC(O)c1ccc(F)cc1)NC(=O)C1Cc2ccccc2O1. The van der Waals surface area contributed by atoms with Gasteiger partial charge in [0.05, 0.1) is 6.10 Å². The first kappa shape index (κ1) is 16.5. The second kappa shape index (κ2) is 7.01. The number of nitrogens with one attached hydrogen (secondary N) is 1. The summed E-state index contributed by atoms with van der Waals surface area (Å²) in [5.41, 5.74) is 1.65. The molecule has 0 bridgehead atoms. The van der Waals surface area contributed by atoms with Gasteiger partial charge in [0.2, 0.25) is 0 Å². The number of amides is 1. The Morgan fingerprint density at radius 3 is 2.71 bits per heavy atom. The maximum atomic E-state index is 12.9. The van der Waals surface area contributed by atoms with Crippen LogP contribution in [-0.4, -0.2) is 23.2 Å². The predicted octanol–water partition coefficient (Wildman–Crippen LogP) is 2.76. The summed E-state index contributed by atoms with van der Waals surface area (Å²) < 4.78 is 18.6. The summed E-state index contributed by atoms with van der Waals surface area (Å²) in [6, 6.07) is 13.1. The normalized spacial score (nSPS) is 18.4. The number of hydrogen-bond donors (Lipinski definition) is 2. The molecule has 0 fully saturated rings. The quantitative estimate of drug-likeness (QED) is 0.887. The van der Waals surface area contributed by atoms with Crippen molar-refractivity contribution in [2.45, 2.75) is 38.0 Å². The molecule has 4 nitrogen and oxygen atoms in total. The lowest BCUT2D eigenvalue weighted by Crippen LogP contribution is -2.42. The van der Waals surface area contributed by atoms with Gasteiger partial charge in [0, 0.05) is 12.5 Å². The zero-order chi connectivity index (χ0) is 17.1. The highest BCUT2D eigenvalue weighted by atomic mass is 19.1. The molecular weight excluding hydrogens is 309 g/mol. The number of carbonyl (C=O) groups is 1. The zero-order valence-electron chi connectivity index (χ0n) is 13.4. The van der Waals surface area contributed by atoms with Crippen LogP contribution in [0, 0.1) is 5.82 Å². The summed E-state index contributed by atoms with van der Waals surface area (Å²) in [6.45, 7) is 1.83. The van der Waals surface area contributed by atoms with Gasteiger partial charge in [-0.1, -0.05) is 30.3 Å². The zero-order valence-corrected chi connectivity index (χ0v) is 13.4. The third-order valence-electron chi connectivity index (χ3n) is 4.16. The molecule has 5 heteroatoms. The number of ether oxygens (including phenoxy) is 1. The summed E-state index contributed by atoms with van der Waals surface area (Å²) in [6.07, 6.45) is -0.401. The van der Waals surface area contributed by atoms with Crippen molar-refractivity contribution in [2.75, 3.05) is 0 Å². The Labute approximate surface area is 140 Å². The van der Waals surface area contributed by atoms with Gasteiger partial charge in [0.15, 0.2) is 6.10 Å². The third kappa shape index (κ3) is 3.74. The molecule has 1 aliphatic heterocycles. The van der Waals surface area contributed by atoms with E-state index in [2.05, 4.69) is 5.32 Å². The molecule has 3 unspecified atom stereocenters. The molecule has 1 aliphatic rings. The molecule has 126 valence electrons. The fourth-order valence-corrected chi connectivity index (χ4v) is 2.88. The van der Waals surface area contributed by atoms with E-state index in [9.17, 15) is 14.3 Å². The highest BCUT2D eigenvalue weighted by Crippen LogP contribution is 2.28. The van der Waals surface area contributed by atoms with Gasteiger partial charge in [0.25, 0.3) is 5.91 Å². The van der Waals surface area contributed by atoms with Crippen molar-refractivity contribution in [1.29, 1.82) is 0 Å².